The predicted molar refractivity (Wildman–Crippen MR) is 89.6 cm³/mol. The predicted octanol–water partition coefficient (Wildman–Crippen LogP) is 5.05. The van der Waals surface area contributed by atoms with Crippen molar-refractivity contribution in [1.29, 1.82) is 0 Å². The number of hydrogen-bond acceptors (Lipinski definition) is 1. The number of nitrogens with one attached hydrogen (secondary N) is 1. The maximum absolute atomic E-state index is 12.6. The van der Waals surface area contributed by atoms with Crippen LogP contribution in [0.25, 0.3) is 0 Å². The zero-order chi connectivity index (χ0) is 15.4. The van der Waals surface area contributed by atoms with Gasteiger partial charge in [-0.1, -0.05) is 32.4 Å². The molecule has 2 bridgehead atoms. The molecule has 2 nitrogen and oxygen atoms in total. The summed E-state index contributed by atoms with van der Waals surface area (Å²) >= 11 is 9.38. The number of fused-ring (bicyclic) bond motifs is 2. The quantitative estimate of drug-likeness (QED) is 0.775. The van der Waals surface area contributed by atoms with Crippen molar-refractivity contribution in [2.45, 2.75) is 46.1 Å². The summed E-state index contributed by atoms with van der Waals surface area (Å²) < 4.78 is 0.759. The third kappa shape index (κ3) is 2.43. The van der Waals surface area contributed by atoms with Gasteiger partial charge in [0.15, 0.2) is 0 Å². The molecule has 114 valence electrons. The number of hydrogen-bond donors (Lipinski definition) is 1. The van der Waals surface area contributed by atoms with Gasteiger partial charge in [0.2, 0.25) is 0 Å². The van der Waals surface area contributed by atoms with E-state index in [4.69, 9.17) is 11.6 Å². The SMILES string of the molecule is CC12CCC(C1)C(C)(C)C2NC(=O)c1ccc(Cl)c(Br)c1. The first-order valence-corrected chi connectivity index (χ1v) is 8.67. The Labute approximate surface area is 139 Å². The van der Waals surface area contributed by atoms with Crippen LogP contribution in [0.1, 0.15) is 50.4 Å². The van der Waals surface area contributed by atoms with Gasteiger partial charge >= 0.3 is 0 Å². The summed E-state index contributed by atoms with van der Waals surface area (Å²) in [5.74, 6) is 0.726. The highest BCUT2D eigenvalue weighted by Gasteiger charge is 2.59. The first kappa shape index (κ1) is 15.4. The summed E-state index contributed by atoms with van der Waals surface area (Å²) in [5, 5.41) is 3.93. The number of benzene rings is 1. The van der Waals surface area contributed by atoms with E-state index in [-0.39, 0.29) is 22.8 Å². The Hall–Kier alpha value is -0.540. The summed E-state index contributed by atoms with van der Waals surface area (Å²) in [6, 6.07) is 5.57. The van der Waals surface area contributed by atoms with Crippen LogP contribution in [0.3, 0.4) is 0 Å². The van der Waals surface area contributed by atoms with Crippen LogP contribution in [0.15, 0.2) is 22.7 Å². The minimum absolute atomic E-state index is 0.000725. The number of carbonyl (C=O) groups is 1. The Kier molecular flexibility index (Phi) is 3.65. The topological polar surface area (TPSA) is 29.1 Å². The van der Waals surface area contributed by atoms with Gasteiger partial charge in [0, 0.05) is 16.1 Å². The van der Waals surface area contributed by atoms with Crippen LogP contribution in [0.4, 0.5) is 0 Å². The summed E-state index contributed by atoms with van der Waals surface area (Å²) in [6.07, 6.45) is 3.74. The standard InChI is InChI=1S/C17H21BrClNO/c1-16(2)11-6-7-17(3,9-11)15(16)20-14(21)10-4-5-13(19)12(18)8-10/h4-5,8,11,15H,6-7,9H2,1-3H3,(H,20,21). The largest absolute Gasteiger partial charge is 0.348 e. The first-order chi connectivity index (χ1) is 9.74. The smallest absolute Gasteiger partial charge is 0.251 e. The molecular formula is C17H21BrClNO. The van der Waals surface area contributed by atoms with Crippen LogP contribution in [0.5, 0.6) is 0 Å². The molecule has 1 amide bonds. The molecule has 3 atom stereocenters. The minimum atomic E-state index is -0.000725. The van der Waals surface area contributed by atoms with Crippen LogP contribution < -0.4 is 5.32 Å². The van der Waals surface area contributed by atoms with E-state index in [1.807, 2.05) is 0 Å². The van der Waals surface area contributed by atoms with E-state index in [1.54, 1.807) is 18.2 Å². The summed E-state index contributed by atoms with van der Waals surface area (Å²) in [5.41, 5.74) is 1.08. The molecule has 0 aliphatic heterocycles. The van der Waals surface area contributed by atoms with Crippen LogP contribution in [-0.4, -0.2) is 11.9 Å². The molecule has 0 heterocycles. The van der Waals surface area contributed by atoms with Gasteiger partial charge in [-0.2, -0.15) is 0 Å². The molecule has 0 spiro atoms. The van der Waals surface area contributed by atoms with Crippen LogP contribution in [0.2, 0.25) is 5.02 Å². The lowest BCUT2D eigenvalue weighted by molar-refractivity contribution is 0.0737. The number of carbonyl (C=O) groups excluding carboxylic acids is 1. The molecule has 21 heavy (non-hydrogen) atoms. The van der Waals surface area contributed by atoms with Gasteiger partial charge in [0.1, 0.15) is 0 Å². The molecule has 2 aliphatic carbocycles. The van der Waals surface area contributed by atoms with Crippen LogP contribution >= 0.6 is 27.5 Å². The van der Waals surface area contributed by atoms with Crippen molar-refractivity contribution < 1.29 is 4.79 Å². The Morgan fingerprint density at radius 3 is 2.67 bits per heavy atom. The molecule has 2 aliphatic rings. The van der Waals surface area contributed by atoms with Crippen molar-refractivity contribution in [3.05, 3.63) is 33.3 Å². The van der Waals surface area contributed by atoms with E-state index in [2.05, 4.69) is 42.0 Å². The van der Waals surface area contributed by atoms with Gasteiger partial charge < -0.3 is 5.32 Å². The molecule has 1 aromatic carbocycles. The third-order valence-corrected chi connectivity index (χ3v) is 6.94. The molecule has 1 N–H and O–H groups in total. The average molecular weight is 371 g/mol. The van der Waals surface area contributed by atoms with Gasteiger partial charge in [0.25, 0.3) is 5.91 Å². The Morgan fingerprint density at radius 1 is 1.38 bits per heavy atom. The van der Waals surface area contributed by atoms with Crippen molar-refractivity contribution in [3.63, 3.8) is 0 Å². The molecule has 0 saturated heterocycles. The monoisotopic (exact) mass is 369 g/mol. The minimum Gasteiger partial charge on any atom is -0.348 e. The molecule has 3 rings (SSSR count). The van der Waals surface area contributed by atoms with Crippen LogP contribution in [-0.2, 0) is 0 Å². The highest BCUT2D eigenvalue weighted by Crippen LogP contribution is 2.62. The highest BCUT2D eigenvalue weighted by atomic mass is 79.9. The Morgan fingerprint density at radius 2 is 2.10 bits per heavy atom. The van der Waals surface area contributed by atoms with Gasteiger partial charge in [-0.25, -0.2) is 0 Å². The van der Waals surface area contributed by atoms with E-state index >= 15 is 0 Å². The molecule has 2 saturated carbocycles. The van der Waals surface area contributed by atoms with Crippen molar-refractivity contribution in [3.8, 4) is 0 Å². The molecule has 0 aromatic heterocycles. The van der Waals surface area contributed by atoms with E-state index in [1.165, 1.54) is 19.3 Å². The number of rotatable bonds is 2. The van der Waals surface area contributed by atoms with Gasteiger partial charge in [-0.05, 0) is 70.1 Å². The molecule has 0 radical (unpaired) electrons. The Bertz CT molecular complexity index is 596. The number of amides is 1. The molecule has 3 unspecified atom stereocenters. The second-order valence-electron chi connectivity index (χ2n) is 7.45. The van der Waals surface area contributed by atoms with Gasteiger partial charge in [-0.3, -0.25) is 4.79 Å². The molecule has 4 heteroatoms. The van der Waals surface area contributed by atoms with Crippen molar-refractivity contribution in [2.24, 2.45) is 16.7 Å². The highest BCUT2D eigenvalue weighted by molar-refractivity contribution is 9.10. The van der Waals surface area contributed by atoms with Crippen molar-refractivity contribution in [2.75, 3.05) is 0 Å². The average Bonchev–Trinajstić information content (AvgIpc) is 2.89. The Balaban J connectivity index is 1.83. The normalized spacial score (nSPS) is 33.2. The van der Waals surface area contributed by atoms with Crippen molar-refractivity contribution >= 4 is 33.4 Å². The molecule has 2 fully saturated rings. The molecule has 1 aromatic rings. The fourth-order valence-electron chi connectivity index (χ4n) is 4.51. The molecular weight excluding hydrogens is 350 g/mol. The van der Waals surface area contributed by atoms with E-state index in [0.29, 0.717) is 10.6 Å². The van der Waals surface area contributed by atoms with E-state index < -0.39 is 0 Å². The zero-order valence-corrected chi connectivity index (χ0v) is 15.0. The lowest BCUT2D eigenvalue weighted by Crippen LogP contribution is -2.52. The van der Waals surface area contributed by atoms with Gasteiger partial charge in [-0.15, -0.1) is 0 Å². The summed E-state index contributed by atoms with van der Waals surface area (Å²) in [4.78, 5) is 12.6. The number of halogens is 2. The second kappa shape index (κ2) is 4.99. The lowest BCUT2D eigenvalue weighted by Gasteiger charge is -2.43. The summed E-state index contributed by atoms with van der Waals surface area (Å²) in [6.45, 7) is 6.92. The zero-order valence-electron chi connectivity index (χ0n) is 12.7. The maximum atomic E-state index is 12.6. The van der Waals surface area contributed by atoms with Crippen LogP contribution in [0, 0.1) is 16.7 Å². The fraction of sp³-hybridized carbons (Fsp3) is 0.588. The second-order valence-corrected chi connectivity index (χ2v) is 8.71. The fourth-order valence-corrected chi connectivity index (χ4v) is 5.01. The van der Waals surface area contributed by atoms with E-state index in [0.717, 1.165) is 10.4 Å². The summed E-state index contributed by atoms with van der Waals surface area (Å²) in [7, 11) is 0. The van der Waals surface area contributed by atoms with Crippen molar-refractivity contribution in [1.82, 2.24) is 5.32 Å². The van der Waals surface area contributed by atoms with E-state index in [9.17, 15) is 4.79 Å². The first-order valence-electron chi connectivity index (χ1n) is 7.50. The lowest BCUT2D eigenvalue weighted by atomic mass is 9.68. The third-order valence-electron chi connectivity index (χ3n) is 5.73. The van der Waals surface area contributed by atoms with Gasteiger partial charge in [0.05, 0.1) is 5.02 Å². The maximum Gasteiger partial charge on any atom is 0.251 e.